The molecule has 20 heavy (non-hydrogen) atoms. The van der Waals surface area contributed by atoms with Gasteiger partial charge in [-0.25, -0.2) is 0 Å². The molecule has 1 aliphatic rings. The van der Waals surface area contributed by atoms with Crippen molar-refractivity contribution in [2.45, 2.75) is 32.0 Å². The van der Waals surface area contributed by atoms with Crippen molar-refractivity contribution >= 4 is 5.69 Å². The molecule has 0 aromatic heterocycles. The van der Waals surface area contributed by atoms with E-state index in [1.165, 1.54) is 12.1 Å². The van der Waals surface area contributed by atoms with E-state index in [0.717, 1.165) is 32.0 Å². The Morgan fingerprint density at radius 3 is 2.40 bits per heavy atom. The van der Waals surface area contributed by atoms with Crippen LogP contribution in [0.2, 0.25) is 0 Å². The molecule has 1 aromatic carbocycles. The number of halogens is 3. The molecule has 0 bridgehead atoms. The smallest absolute Gasteiger partial charge is 0.382 e. The van der Waals surface area contributed by atoms with E-state index in [1.54, 1.807) is 6.07 Å². The van der Waals surface area contributed by atoms with Gasteiger partial charge in [0.1, 0.15) is 0 Å². The van der Waals surface area contributed by atoms with Crippen LogP contribution in [0.5, 0.6) is 0 Å². The van der Waals surface area contributed by atoms with Crippen LogP contribution in [0.3, 0.4) is 0 Å². The van der Waals surface area contributed by atoms with E-state index in [1.807, 2.05) is 6.92 Å². The van der Waals surface area contributed by atoms with Crippen LogP contribution in [0.1, 0.15) is 25.3 Å². The van der Waals surface area contributed by atoms with Gasteiger partial charge in [0, 0.05) is 11.7 Å². The number of hydrogen-bond donors (Lipinski definition) is 1. The lowest BCUT2D eigenvalue weighted by Crippen LogP contribution is -2.37. The number of rotatable bonds is 3. The van der Waals surface area contributed by atoms with Gasteiger partial charge in [0.05, 0.1) is 5.56 Å². The number of likely N-dealkylation sites (tertiary alicyclic amines) is 1. The molecule has 1 aliphatic heterocycles. The first-order chi connectivity index (χ1) is 9.38. The summed E-state index contributed by atoms with van der Waals surface area (Å²) in [7, 11) is 2.08. The van der Waals surface area contributed by atoms with Crippen molar-refractivity contribution in [3.8, 4) is 0 Å². The van der Waals surface area contributed by atoms with Crippen LogP contribution in [-0.4, -0.2) is 31.1 Å². The van der Waals surface area contributed by atoms with E-state index in [9.17, 15) is 13.2 Å². The lowest BCUT2D eigenvalue weighted by molar-refractivity contribution is -0.137. The summed E-state index contributed by atoms with van der Waals surface area (Å²) in [6.45, 7) is 4.00. The third-order valence-electron chi connectivity index (χ3n) is 4.09. The molecule has 0 spiro atoms. The summed E-state index contributed by atoms with van der Waals surface area (Å²) in [6, 6.07) is 5.75. The van der Waals surface area contributed by atoms with E-state index in [-0.39, 0.29) is 11.7 Å². The molecule has 5 heteroatoms. The maximum atomic E-state index is 12.9. The Labute approximate surface area is 118 Å². The van der Waals surface area contributed by atoms with Gasteiger partial charge in [-0.05, 0) is 58.0 Å². The van der Waals surface area contributed by atoms with E-state index >= 15 is 0 Å². The first-order valence-electron chi connectivity index (χ1n) is 6.99. The number of nitrogens with zero attached hydrogens (tertiary/aromatic N) is 1. The average molecular weight is 286 g/mol. The number of hydrogen-bond acceptors (Lipinski definition) is 2. The highest BCUT2D eigenvalue weighted by molar-refractivity contribution is 5.53. The molecule has 0 radical (unpaired) electrons. The zero-order chi connectivity index (χ0) is 14.8. The standard InChI is InChI=1S/C15H21F3N2/c1-11(12-7-9-20(2)10-8-12)19-14-6-4-3-5-13(14)15(16,17)18/h3-6,11-12,19H,7-10H2,1-2H3. The highest BCUT2D eigenvalue weighted by Gasteiger charge is 2.34. The third kappa shape index (κ3) is 3.66. The van der Waals surface area contributed by atoms with Gasteiger partial charge in [0.15, 0.2) is 0 Å². The van der Waals surface area contributed by atoms with E-state index < -0.39 is 11.7 Å². The van der Waals surface area contributed by atoms with Crippen molar-refractivity contribution in [1.29, 1.82) is 0 Å². The van der Waals surface area contributed by atoms with Crippen LogP contribution in [0.15, 0.2) is 24.3 Å². The molecule has 1 heterocycles. The lowest BCUT2D eigenvalue weighted by atomic mass is 9.90. The quantitative estimate of drug-likeness (QED) is 0.908. The van der Waals surface area contributed by atoms with Crippen LogP contribution in [0.4, 0.5) is 18.9 Å². The molecular weight excluding hydrogens is 265 g/mol. The summed E-state index contributed by atoms with van der Waals surface area (Å²) >= 11 is 0. The average Bonchev–Trinajstić information content (AvgIpc) is 2.38. The van der Waals surface area contributed by atoms with Crippen LogP contribution >= 0.6 is 0 Å². The Morgan fingerprint density at radius 2 is 1.80 bits per heavy atom. The van der Waals surface area contributed by atoms with Gasteiger partial charge in [-0.2, -0.15) is 13.2 Å². The molecule has 2 nitrogen and oxygen atoms in total. The monoisotopic (exact) mass is 286 g/mol. The summed E-state index contributed by atoms with van der Waals surface area (Å²) in [5, 5.41) is 3.06. The summed E-state index contributed by atoms with van der Waals surface area (Å²) in [5.74, 6) is 0.424. The highest BCUT2D eigenvalue weighted by Crippen LogP contribution is 2.35. The Kier molecular flexibility index (Phi) is 4.58. The van der Waals surface area contributed by atoms with Gasteiger partial charge in [-0.15, -0.1) is 0 Å². The number of alkyl halides is 3. The maximum Gasteiger partial charge on any atom is 0.418 e. The summed E-state index contributed by atoms with van der Waals surface area (Å²) < 4.78 is 38.8. The number of benzene rings is 1. The van der Waals surface area contributed by atoms with E-state index in [2.05, 4.69) is 17.3 Å². The second-order valence-electron chi connectivity index (χ2n) is 5.62. The number of anilines is 1. The van der Waals surface area contributed by atoms with Gasteiger partial charge < -0.3 is 10.2 Å². The van der Waals surface area contributed by atoms with Crippen LogP contribution in [0.25, 0.3) is 0 Å². The SMILES string of the molecule is CC(Nc1ccccc1C(F)(F)F)C1CCN(C)CC1. The molecule has 1 atom stereocenters. The lowest BCUT2D eigenvalue weighted by Gasteiger charge is -2.33. The largest absolute Gasteiger partial charge is 0.418 e. The van der Waals surface area contributed by atoms with Crippen molar-refractivity contribution in [3.05, 3.63) is 29.8 Å². The van der Waals surface area contributed by atoms with Crippen molar-refractivity contribution in [1.82, 2.24) is 4.90 Å². The molecule has 1 saturated heterocycles. The predicted molar refractivity (Wildman–Crippen MR) is 74.7 cm³/mol. The Bertz CT molecular complexity index is 437. The molecule has 1 fully saturated rings. The molecule has 1 N–H and O–H groups in total. The summed E-state index contributed by atoms with van der Waals surface area (Å²) in [6.07, 6.45) is -2.26. The zero-order valence-electron chi connectivity index (χ0n) is 11.9. The van der Waals surface area contributed by atoms with Gasteiger partial charge in [0.2, 0.25) is 0 Å². The van der Waals surface area contributed by atoms with Crippen molar-refractivity contribution in [3.63, 3.8) is 0 Å². The molecule has 1 aromatic rings. The van der Waals surface area contributed by atoms with E-state index in [4.69, 9.17) is 0 Å². The molecule has 0 saturated carbocycles. The second-order valence-corrected chi connectivity index (χ2v) is 5.62. The second kappa shape index (κ2) is 6.04. The summed E-state index contributed by atoms with van der Waals surface area (Å²) in [4.78, 5) is 2.26. The molecule has 0 amide bonds. The minimum Gasteiger partial charge on any atom is -0.382 e. The first-order valence-corrected chi connectivity index (χ1v) is 6.99. The van der Waals surface area contributed by atoms with Crippen LogP contribution in [-0.2, 0) is 6.18 Å². The Balaban J connectivity index is 2.06. The van der Waals surface area contributed by atoms with Crippen molar-refractivity contribution in [2.24, 2.45) is 5.92 Å². The van der Waals surface area contributed by atoms with Gasteiger partial charge in [-0.3, -0.25) is 0 Å². The number of nitrogens with one attached hydrogen (secondary N) is 1. The van der Waals surface area contributed by atoms with Crippen molar-refractivity contribution < 1.29 is 13.2 Å². The minimum absolute atomic E-state index is 0.0483. The fourth-order valence-electron chi connectivity index (χ4n) is 2.75. The van der Waals surface area contributed by atoms with Crippen molar-refractivity contribution in [2.75, 3.05) is 25.5 Å². The Hall–Kier alpha value is -1.23. The molecule has 0 aliphatic carbocycles. The minimum atomic E-state index is -4.31. The fourth-order valence-corrected chi connectivity index (χ4v) is 2.75. The third-order valence-corrected chi connectivity index (χ3v) is 4.09. The molecule has 2 rings (SSSR count). The predicted octanol–water partition coefficient (Wildman–Crippen LogP) is 3.85. The van der Waals surface area contributed by atoms with Crippen LogP contribution in [0, 0.1) is 5.92 Å². The number of piperidine rings is 1. The fraction of sp³-hybridized carbons (Fsp3) is 0.600. The Morgan fingerprint density at radius 1 is 1.20 bits per heavy atom. The highest BCUT2D eigenvalue weighted by atomic mass is 19.4. The van der Waals surface area contributed by atoms with Crippen LogP contribution < -0.4 is 5.32 Å². The maximum absolute atomic E-state index is 12.9. The molecule has 1 unspecified atom stereocenters. The van der Waals surface area contributed by atoms with E-state index in [0.29, 0.717) is 5.92 Å². The molecule has 112 valence electrons. The summed E-state index contributed by atoms with van der Waals surface area (Å²) in [5.41, 5.74) is -0.397. The van der Waals surface area contributed by atoms with Gasteiger partial charge >= 0.3 is 6.18 Å². The zero-order valence-corrected chi connectivity index (χ0v) is 11.9. The number of para-hydroxylation sites is 1. The first kappa shape index (κ1) is 15.2. The normalized spacial score (nSPS) is 19.9. The topological polar surface area (TPSA) is 15.3 Å². The van der Waals surface area contributed by atoms with Gasteiger partial charge in [0.25, 0.3) is 0 Å². The van der Waals surface area contributed by atoms with Gasteiger partial charge in [-0.1, -0.05) is 12.1 Å². The molecular formula is C15H21F3N2.